The lowest BCUT2D eigenvalue weighted by Crippen LogP contribution is -1.88. The third kappa shape index (κ3) is 1.24. The van der Waals surface area contributed by atoms with Crippen LogP contribution in [-0.2, 0) is 7.05 Å². The third-order valence-electron chi connectivity index (χ3n) is 1.79. The third-order valence-corrected chi connectivity index (χ3v) is 1.88. The van der Waals surface area contributed by atoms with Crippen LogP contribution in [0.2, 0.25) is 0 Å². The number of aryl methyl sites for hydroxylation is 1. The normalized spacial score (nSPS) is 9.92. The van der Waals surface area contributed by atoms with Crippen LogP contribution in [0.25, 0.3) is 11.0 Å². The minimum atomic E-state index is 0.709. The molecule has 0 spiro atoms. The van der Waals surface area contributed by atoms with Crippen LogP contribution in [-0.4, -0.2) is 20.2 Å². The minimum absolute atomic E-state index is 0.709. The van der Waals surface area contributed by atoms with Crippen LogP contribution < -0.4 is 0 Å². The average molecular weight is 190 g/mol. The molecule has 5 heteroatoms. The Kier molecular flexibility index (Phi) is 1.88. The Balaban J connectivity index is 2.84. The van der Waals surface area contributed by atoms with E-state index >= 15 is 0 Å². The van der Waals surface area contributed by atoms with E-state index in [1.54, 1.807) is 4.68 Å². The summed E-state index contributed by atoms with van der Waals surface area (Å²) in [6, 6.07) is 5.64. The topological polar surface area (TPSA) is 43.1 Å². The fourth-order valence-corrected chi connectivity index (χ4v) is 1.28. The number of rotatable bonds is 1. The standard InChI is InChI=1S/C8H6N4S/c1-12-7-4-2-3-6(9-5-13)8(7)10-11-12/h2-4H,1H3. The van der Waals surface area contributed by atoms with Gasteiger partial charge in [0.2, 0.25) is 0 Å². The number of thiocarbonyl (C=S) groups is 1. The van der Waals surface area contributed by atoms with Crippen LogP contribution >= 0.6 is 12.2 Å². The van der Waals surface area contributed by atoms with Crippen LogP contribution in [0.5, 0.6) is 0 Å². The maximum absolute atomic E-state index is 4.53. The van der Waals surface area contributed by atoms with Crippen LogP contribution in [0.4, 0.5) is 5.69 Å². The van der Waals surface area contributed by atoms with Crippen molar-refractivity contribution in [2.45, 2.75) is 0 Å². The molecule has 0 aliphatic carbocycles. The van der Waals surface area contributed by atoms with Gasteiger partial charge >= 0.3 is 0 Å². The second kappa shape index (κ2) is 3.05. The zero-order chi connectivity index (χ0) is 9.26. The molecule has 0 saturated heterocycles. The molecule has 13 heavy (non-hydrogen) atoms. The van der Waals surface area contributed by atoms with Crippen molar-refractivity contribution in [3.8, 4) is 0 Å². The SMILES string of the molecule is Cn1nnc2c(N=C=S)cccc21. The van der Waals surface area contributed by atoms with Crippen molar-refractivity contribution in [2.24, 2.45) is 12.0 Å². The van der Waals surface area contributed by atoms with E-state index in [-0.39, 0.29) is 0 Å². The monoisotopic (exact) mass is 190 g/mol. The summed E-state index contributed by atoms with van der Waals surface area (Å²) in [5, 5.41) is 10.2. The molecule has 0 unspecified atom stereocenters. The lowest BCUT2D eigenvalue weighted by Gasteiger charge is -1.92. The summed E-state index contributed by atoms with van der Waals surface area (Å²) in [6.07, 6.45) is 0. The Morgan fingerprint density at radius 3 is 3.15 bits per heavy atom. The maximum atomic E-state index is 4.53. The molecule has 64 valence electrons. The van der Waals surface area contributed by atoms with Gasteiger partial charge in [0, 0.05) is 7.05 Å². The van der Waals surface area contributed by atoms with Gasteiger partial charge in [-0.25, -0.2) is 4.68 Å². The summed E-state index contributed by atoms with van der Waals surface area (Å²) < 4.78 is 1.69. The zero-order valence-corrected chi connectivity index (χ0v) is 7.75. The summed E-state index contributed by atoms with van der Waals surface area (Å²) in [5.74, 6) is 0. The number of isothiocyanates is 1. The Labute approximate surface area is 79.9 Å². The fourth-order valence-electron chi connectivity index (χ4n) is 1.18. The smallest absolute Gasteiger partial charge is 0.139 e. The first-order valence-electron chi connectivity index (χ1n) is 3.69. The quantitative estimate of drug-likeness (QED) is 0.507. The van der Waals surface area contributed by atoms with Gasteiger partial charge in [-0.05, 0) is 24.4 Å². The molecular formula is C8H6N4S. The van der Waals surface area contributed by atoms with E-state index in [0.717, 1.165) is 11.0 Å². The molecule has 0 fully saturated rings. The van der Waals surface area contributed by atoms with E-state index in [2.05, 4.69) is 32.7 Å². The van der Waals surface area contributed by atoms with Crippen molar-refractivity contribution in [2.75, 3.05) is 0 Å². The summed E-state index contributed by atoms with van der Waals surface area (Å²) in [5.41, 5.74) is 2.40. The highest BCUT2D eigenvalue weighted by molar-refractivity contribution is 7.78. The van der Waals surface area contributed by atoms with Gasteiger partial charge in [-0.2, -0.15) is 4.99 Å². The Bertz CT molecular complexity index is 496. The van der Waals surface area contributed by atoms with Gasteiger partial charge in [-0.3, -0.25) is 0 Å². The molecule has 0 aliphatic rings. The second-order valence-corrected chi connectivity index (χ2v) is 2.74. The lowest BCUT2D eigenvalue weighted by molar-refractivity contribution is 0.736. The number of aromatic nitrogens is 3. The molecule has 0 bridgehead atoms. The first kappa shape index (κ1) is 8.04. The van der Waals surface area contributed by atoms with Crippen molar-refractivity contribution in [3.63, 3.8) is 0 Å². The van der Waals surface area contributed by atoms with Crippen LogP contribution in [0, 0.1) is 0 Å². The molecule has 0 N–H and O–H groups in total. The van der Waals surface area contributed by atoms with Gasteiger partial charge in [-0.15, -0.1) is 5.10 Å². The number of aliphatic imine (C=N–C) groups is 1. The van der Waals surface area contributed by atoms with Crippen molar-refractivity contribution < 1.29 is 0 Å². The first-order valence-corrected chi connectivity index (χ1v) is 4.10. The lowest BCUT2D eigenvalue weighted by atomic mass is 10.3. The van der Waals surface area contributed by atoms with Gasteiger partial charge in [0.15, 0.2) is 0 Å². The summed E-state index contributed by atoms with van der Waals surface area (Å²) in [6.45, 7) is 0. The molecule has 0 aliphatic heterocycles. The summed E-state index contributed by atoms with van der Waals surface area (Å²) in [7, 11) is 1.83. The summed E-state index contributed by atoms with van der Waals surface area (Å²) in [4.78, 5) is 3.90. The zero-order valence-electron chi connectivity index (χ0n) is 6.93. The van der Waals surface area contributed by atoms with E-state index in [1.807, 2.05) is 25.2 Å². The van der Waals surface area contributed by atoms with Crippen molar-refractivity contribution in [1.82, 2.24) is 15.0 Å². The molecule has 2 aromatic rings. The van der Waals surface area contributed by atoms with E-state index in [4.69, 9.17) is 0 Å². The van der Waals surface area contributed by atoms with E-state index in [1.165, 1.54) is 0 Å². The molecule has 1 aromatic heterocycles. The minimum Gasteiger partial charge on any atom is -0.248 e. The Morgan fingerprint density at radius 1 is 1.54 bits per heavy atom. The molecule has 0 saturated carbocycles. The van der Waals surface area contributed by atoms with Crippen molar-refractivity contribution >= 4 is 34.1 Å². The molecule has 0 radical (unpaired) electrons. The number of hydrogen-bond donors (Lipinski definition) is 0. The molecular weight excluding hydrogens is 184 g/mol. The first-order chi connectivity index (χ1) is 6.33. The molecule has 1 aromatic carbocycles. The van der Waals surface area contributed by atoms with Crippen molar-refractivity contribution in [1.29, 1.82) is 0 Å². The van der Waals surface area contributed by atoms with E-state index < -0.39 is 0 Å². The highest BCUT2D eigenvalue weighted by Gasteiger charge is 2.04. The van der Waals surface area contributed by atoms with E-state index in [9.17, 15) is 0 Å². The van der Waals surface area contributed by atoms with E-state index in [0.29, 0.717) is 5.69 Å². The average Bonchev–Trinajstić information content (AvgIpc) is 2.50. The van der Waals surface area contributed by atoms with Crippen LogP contribution in [0.15, 0.2) is 23.2 Å². The van der Waals surface area contributed by atoms with Gasteiger partial charge in [0.05, 0.1) is 10.7 Å². The Hall–Kier alpha value is -1.58. The maximum Gasteiger partial charge on any atom is 0.139 e. The highest BCUT2D eigenvalue weighted by atomic mass is 32.1. The molecule has 1 heterocycles. The number of fused-ring (bicyclic) bond motifs is 1. The Morgan fingerprint density at radius 2 is 2.38 bits per heavy atom. The summed E-state index contributed by atoms with van der Waals surface area (Å²) >= 11 is 4.53. The van der Waals surface area contributed by atoms with Gasteiger partial charge in [-0.1, -0.05) is 11.3 Å². The number of benzene rings is 1. The largest absolute Gasteiger partial charge is 0.248 e. The highest BCUT2D eigenvalue weighted by Crippen LogP contribution is 2.22. The fraction of sp³-hybridized carbons (Fsp3) is 0.125. The predicted molar refractivity (Wildman–Crippen MR) is 53.2 cm³/mol. The molecule has 0 atom stereocenters. The molecule has 4 nitrogen and oxygen atoms in total. The molecule has 0 amide bonds. The van der Waals surface area contributed by atoms with Gasteiger partial charge < -0.3 is 0 Å². The van der Waals surface area contributed by atoms with Crippen LogP contribution in [0.3, 0.4) is 0 Å². The van der Waals surface area contributed by atoms with Crippen LogP contribution in [0.1, 0.15) is 0 Å². The van der Waals surface area contributed by atoms with Gasteiger partial charge in [0.25, 0.3) is 0 Å². The molecule has 2 rings (SSSR count). The number of nitrogens with zero attached hydrogens (tertiary/aromatic N) is 4. The van der Waals surface area contributed by atoms with Gasteiger partial charge in [0.1, 0.15) is 11.2 Å². The number of hydrogen-bond acceptors (Lipinski definition) is 4. The van der Waals surface area contributed by atoms with Crippen molar-refractivity contribution in [3.05, 3.63) is 18.2 Å². The second-order valence-electron chi connectivity index (χ2n) is 2.56. The predicted octanol–water partition coefficient (Wildman–Crippen LogP) is 1.70.